The smallest absolute Gasteiger partial charge is 0.322 e. The molecular formula is C36H38N4O5S. The average molecular weight is 639 g/mol. The molecule has 0 saturated heterocycles. The van der Waals surface area contributed by atoms with Gasteiger partial charge in [0.15, 0.2) is 6.61 Å². The molecule has 2 aromatic heterocycles. The molecule has 2 aromatic carbocycles. The Bertz CT molecular complexity index is 1680. The van der Waals surface area contributed by atoms with Crippen LogP contribution < -0.4 is 15.4 Å². The van der Waals surface area contributed by atoms with Crippen LogP contribution in [0.4, 0.5) is 0 Å². The maximum Gasteiger partial charge on any atom is 0.322 e. The lowest BCUT2D eigenvalue weighted by molar-refractivity contribution is -0.138. The van der Waals surface area contributed by atoms with Gasteiger partial charge in [-0.3, -0.25) is 14.4 Å². The van der Waals surface area contributed by atoms with E-state index in [1.807, 2.05) is 80.7 Å². The summed E-state index contributed by atoms with van der Waals surface area (Å²) in [5.74, 6) is -1.28. The quantitative estimate of drug-likeness (QED) is 0.0601. The fourth-order valence-electron chi connectivity index (χ4n) is 4.55. The minimum absolute atomic E-state index is 0.113. The number of carbonyl (C=O) groups is 3. The Kier molecular flexibility index (Phi) is 12.7. The minimum Gasteiger partial charge on any atom is -0.484 e. The van der Waals surface area contributed by atoms with Crippen molar-refractivity contribution in [2.24, 2.45) is 0 Å². The molecule has 0 radical (unpaired) electrons. The summed E-state index contributed by atoms with van der Waals surface area (Å²) in [7, 11) is 0. The molecule has 10 heteroatoms. The van der Waals surface area contributed by atoms with Crippen LogP contribution in [0, 0.1) is 0 Å². The number of thiazole rings is 1. The molecule has 0 aliphatic heterocycles. The number of rotatable bonds is 16. The summed E-state index contributed by atoms with van der Waals surface area (Å²) in [6, 6.07) is 19.1. The molecule has 0 fully saturated rings. The van der Waals surface area contributed by atoms with Gasteiger partial charge in [-0.15, -0.1) is 11.3 Å². The lowest BCUT2D eigenvalue weighted by Gasteiger charge is -2.08. The fraction of sp³-hybridized carbons (Fsp3) is 0.222. The molecule has 0 unspecified atom stereocenters. The van der Waals surface area contributed by atoms with E-state index in [-0.39, 0.29) is 12.5 Å². The fourth-order valence-corrected chi connectivity index (χ4v) is 5.63. The normalized spacial score (nSPS) is 11.7. The lowest BCUT2D eigenvalue weighted by Crippen LogP contribution is -2.33. The first-order valence-corrected chi connectivity index (χ1v) is 15.9. The molecule has 2 heterocycles. The Morgan fingerprint density at radius 2 is 1.72 bits per heavy atom. The van der Waals surface area contributed by atoms with E-state index in [2.05, 4.69) is 27.8 Å². The van der Waals surface area contributed by atoms with Crippen molar-refractivity contribution in [1.29, 1.82) is 0 Å². The number of H-pyrrole nitrogens is 1. The highest BCUT2D eigenvalue weighted by Gasteiger charge is 2.17. The van der Waals surface area contributed by atoms with E-state index in [0.29, 0.717) is 12.3 Å². The zero-order valence-electron chi connectivity index (χ0n) is 25.9. The van der Waals surface area contributed by atoms with Crippen LogP contribution in [0.15, 0.2) is 96.7 Å². The summed E-state index contributed by atoms with van der Waals surface area (Å²) in [6.07, 6.45) is 14.5. The third-order valence-electron chi connectivity index (χ3n) is 6.93. The Balaban J connectivity index is 1.40. The van der Waals surface area contributed by atoms with Crippen molar-refractivity contribution in [3.05, 3.63) is 102 Å². The number of allylic oxidation sites excluding steroid dienone is 4. The molecule has 9 nitrogen and oxygen atoms in total. The van der Waals surface area contributed by atoms with Gasteiger partial charge in [-0.1, -0.05) is 48.1 Å². The van der Waals surface area contributed by atoms with Crippen molar-refractivity contribution < 1.29 is 24.2 Å². The maximum absolute atomic E-state index is 12.3. The molecule has 0 aliphatic carbocycles. The van der Waals surface area contributed by atoms with E-state index in [1.54, 1.807) is 29.5 Å². The van der Waals surface area contributed by atoms with Crippen molar-refractivity contribution in [3.63, 3.8) is 0 Å². The van der Waals surface area contributed by atoms with E-state index in [0.717, 1.165) is 57.2 Å². The third-order valence-corrected chi connectivity index (χ3v) is 8.07. The number of hydrogen-bond donors (Lipinski definition) is 4. The first kappa shape index (κ1) is 33.7. The summed E-state index contributed by atoms with van der Waals surface area (Å²) >= 11 is 1.57. The zero-order chi connectivity index (χ0) is 32.7. The lowest BCUT2D eigenvalue weighted by atomic mass is 10.0. The topological polar surface area (TPSA) is 133 Å². The van der Waals surface area contributed by atoms with Gasteiger partial charge in [0.25, 0.3) is 5.91 Å². The molecule has 4 N–H and O–H groups in total. The number of carboxylic acids is 1. The number of nitrogens with one attached hydrogen (secondary N) is 3. The SMILES string of the molecule is C/C=C\C(=C/C)CCCCNC(=O)/C=C/c1ccc(-c2sc(-c3ccc[nH]3)nc2-c2ccc(OCC(=O)NCC(=O)O)cc2)cc1. The number of nitrogens with zero attached hydrogens (tertiary/aromatic N) is 1. The van der Waals surface area contributed by atoms with Gasteiger partial charge < -0.3 is 25.5 Å². The third kappa shape index (κ3) is 10.2. The zero-order valence-corrected chi connectivity index (χ0v) is 26.7. The van der Waals surface area contributed by atoms with Crippen LogP contribution in [0.5, 0.6) is 5.75 Å². The van der Waals surface area contributed by atoms with Crippen LogP contribution >= 0.6 is 11.3 Å². The van der Waals surface area contributed by atoms with Crippen LogP contribution in [-0.2, 0) is 14.4 Å². The van der Waals surface area contributed by atoms with E-state index >= 15 is 0 Å². The van der Waals surface area contributed by atoms with Gasteiger partial charge in [-0.2, -0.15) is 0 Å². The van der Waals surface area contributed by atoms with Crippen molar-refractivity contribution in [2.45, 2.75) is 33.1 Å². The number of aromatic amines is 1. The standard InChI is InChI=1S/C36H38N4O5S/c1-3-8-25(4-2)9-5-6-21-38-31(41)20-13-26-11-14-28(15-12-26)35-34(40-36(46-35)30-10-7-22-37-30)27-16-18-29(19-17-27)45-24-32(42)39-23-33(43)44/h3-4,7-8,10-20,22,37H,5-6,9,21,23-24H2,1-2H3,(H,38,41)(H,39,42)(H,43,44)/b8-3-,20-13+,25-4+. The number of ether oxygens (including phenoxy) is 1. The van der Waals surface area contributed by atoms with Crippen LogP contribution in [0.2, 0.25) is 0 Å². The summed E-state index contributed by atoms with van der Waals surface area (Å²) in [4.78, 5) is 43.9. The molecule has 0 atom stereocenters. The number of benzene rings is 2. The van der Waals surface area contributed by atoms with E-state index in [1.165, 1.54) is 5.57 Å². The molecule has 0 spiro atoms. The van der Waals surface area contributed by atoms with Crippen LogP contribution in [-0.4, -0.2) is 52.6 Å². The molecule has 46 heavy (non-hydrogen) atoms. The number of aromatic nitrogens is 2. The number of aliphatic carboxylic acids is 1. The number of amides is 2. The van der Waals surface area contributed by atoms with Crippen molar-refractivity contribution in [2.75, 3.05) is 19.7 Å². The second-order valence-electron chi connectivity index (χ2n) is 10.3. The summed E-state index contributed by atoms with van der Waals surface area (Å²) in [6.45, 7) is 3.95. The highest BCUT2D eigenvalue weighted by molar-refractivity contribution is 7.18. The van der Waals surface area contributed by atoms with Gasteiger partial charge in [0, 0.05) is 24.4 Å². The highest BCUT2D eigenvalue weighted by Crippen LogP contribution is 2.40. The molecule has 4 rings (SSSR count). The highest BCUT2D eigenvalue weighted by atomic mass is 32.1. The van der Waals surface area contributed by atoms with Crippen molar-refractivity contribution in [1.82, 2.24) is 20.6 Å². The van der Waals surface area contributed by atoms with Crippen LogP contribution in [0.3, 0.4) is 0 Å². The van der Waals surface area contributed by atoms with E-state index in [4.69, 9.17) is 14.8 Å². The first-order valence-electron chi connectivity index (χ1n) is 15.1. The van der Waals surface area contributed by atoms with Crippen molar-refractivity contribution in [3.8, 4) is 38.1 Å². The second-order valence-corrected chi connectivity index (χ2v) is 11.3. The molecule has 0 aliphatic rings. The number of carboxylic acid groups (broad SMARTS) is 1. The second kappa shape index (κ2) is 17.3. The molecule has 0 saturated carbocycles. The molecule has 4 aromatic rings. The Hall–Kier alpha value is -5.22. The number of carbonyl (C=O) groups excluding carboxylic acids is 2. The largest absolute Gasteiger partial charge is 0.484 e. The van der Waals surface area contributed by atoms with Crippen LogP contribution in [0.25, 0.3) is 38.5 Å². The van der Waals surface area contributed by atoms with Gasteiger partial charge in [-0.25, -0.2) is 4.98 Å². The predicted octanol–water partition coefficient (Wildman–Crippen LogP) is 6.87. The number of hydrogen-bond acceptors (Lipinski definition) is 6. The Morgan fingerprint density at radius 1 is 0.957 bits per heavy atom. The maximum atomic E-state index is 12.3. The van der Waals surface area contributed by atoms with E-state index in [9.17, 15) is 14.4 Å². The Morgan fingerprint density at radius 3 is 2.39 bits per heavy atom. The molecule has 0 bridgehead atoms. The van der Waals surface area contributed by atoms with Gasteiger partial charge in [0.05, 0.1) is 16.3 Å². The van der Waals surface area contributed by atoms with Gasteiger partial charge in [0.1, 0.15) is 17.3 Å². The predicted molar refractivity (Wildman–Crippen MR) is 183 cm³/mol. The van der Waals surface area contributed by atoms with Crippen LogP contribution in [0.1, 0.15) is 38.7 Å². The molecule has 2 amide bonds. The molecule has 238 valence electrons. The van der Waals surface area contributed by atoms with E-state index < -0.39 is 18.4 Å². The van der Waals surface area contributed by atoms with Gasteiger partial charge in [-0.05, 0) is 86.7 Å². The number of unbranched alkanes of at least 4 members (excludes halogenated alkanes) is 1. The van der Waals surface area contributed by atoms with Gasteiger partial charge in [0.2, 0.25) is 5.91 Å². The monoisotopic (exact) mass is 638 g/mol. The Labute approximate surface area is 272 Å². The summed E-state index contributed by atoms with van der Waals surface area (Å²) in [5, 5.41) is 14.8. The summed E-state index contributed by atoms with van der Waals surface area (Å²) < 4.78 is 5.51. The molecular weight excluding hydrogens is 600 g/mol. The summed E-state index contributed by atoms with van der Waals surface area (Å²) in [5.41, 5.74) is 5.79. The average Bonchev–Trinajstić information content (AvgIpc) is 3.76. The van der Waals surface area contributed by atoms with Crippen molar-refractivity contribution >= 4 is 35.2 Å². The first-order chi connectivity index (χ1) is 22.4. The minimum atomic E-state index is -1.12. The van der Waals surface area contributed by atoms with Gasteiger partial charge >= 0.3 is 5.97 Å².